The smallest absolute Gasteiger partial charge is 0.306 e. The molecular formula is C12H20O3. The van der Waals surface area contributed by atoms with Gasteiger partial charge in [0.15, 0.2) is 0 Å². The summed E-state index contributed by atoms with van der Waals surface area (Å²) in [5.41, 5.74) is 0. The zero-order valence-electron chi connectivity index (χ0n) is 9.53. The Labute approximate surface area is 91.1 Å². The zero-order chi connectivity index (χ0) is 11.3. The van der Waals surface area contributed by atoms with Gasteiger partial charge in [-0.25, -0.2) is 0 Å². The molecule has 86 valence electrons. The van der Waals surface area contributed by atoms with Gasteiger partial charge in [0.05, 0.1) is 17.8 Å². The molecule has 0 radical (unpaired) electrons. The molecule has 1 saturated carbocycles. The summed E-state index contributed by atoms with van der Waals surface area (Å²) in [7, 11) is 0. The number of rotatable bonds is 3. The van der Waals surface area contributed by atoms with Gasteiger partial charge >= 0.3 is 5.97 Å². The molecule has 0 aliphatic heterocycles. The van der Waals surface area contributed by atoms with E-state index in [9.17, 15) is 4.79 Å². The molecule has 0 aromatic heterocycles. The first-order valence-corrected chi connectivity index (χ1v) is 5.66. The van der Waals surface area contributed by atoms with Crippen molar-refractivity contribution in [3.63, 3.8) is 0 Å². The third kappa shape index (κ3) is 3.94. The van der Waals surface area contributed by atoms with Crippen LogP contribution in [0.15, 0.2) is 11.8 Å². The lowest BCUT2D eigenvalue weighted by molar-refractivity contribution is -0.142. The predicted octanol–water partition coefficient (Wildman–Crippen LogP) is 2.96. The van der Waals surface area contributed by atoms with Crippen molar-refractivity contribution >= 4 is 5.97 Å². The van der Waals surface area contributed by atoms with Gasteiger partial charge in [-0.2, -0.15) is 0 Å². The van der Waals surface area contributed by atoms with E-state index in [-0.39, 0.29) is 12.0 Å². The second-order valence-corrected chi connectivity index (χ2v) is 4.18. The van der Waals surface area contributed by atoms with E-state index in [1.165, 1.54) is 0 Å². The number of carboxylic acids is 1. The van der Waals surface area contributed by atoms with Crippen molar-refractivity contribution in [2.45, 2.75) is 52.1 Å². The Morgan fingerprint density at radius 3 is 2.67 bits per heavy atom. The SMILES string of the molecule is C/C=C(\C)O[C@H]1CCC[C@H](C(=O)O)CC1. The number of hydrogen-bond acceptors (Lipinski definition) is 2. The highest BCUT2D eigenvalue weighted by molar-refractivity contribution is 5.69. The van der Waals surface area contributed by atoms with Gasteiger partial charge in [0.2, 0.25) is 0 Å². The topological polar surface area (TPSA) is 46.5 Å². The fourth-order valence-corrected chi connectivity index (χ4v) is 1.96. The number of carboxylic acid groups (broad SMARTS) is 1. The van der Waals surface area contributed by atoms with Crippen molar-refractivity contribution in [2.24, 2.45) is 5.92 Å². The Kier molecular flexibility index (Phi) is 4.66. The van der Waals surface area contributed by atoms with Crippen molar-refractivity contribution in [3.8, 4) is 0 Å². The minimum Gasteiger partial charge on any atom is -0.495 e. The third-order valence-electron chi connectivity index (χ3n) is 3.02. The van der Waals surface area contributed by atoms with Crippen LogP contribution in [0, 0.1) is 5.92 Å². The van der Waals surface area contributed by atoms with Crippen LogP contribution in [-0.2, 0) is 9.53 Å². The van der Waals surface area contributed by atoms with E-state index < -0.39 is 5.97 Å². The summed E-state index contributed by atoms with van der Waals surface area (Å²) in [5, 5.41) is 8.93. The fourth-order valence-electron chi connectivity index (χ4n) is 1.96. The minimum absolute atomic E-state index is 0.162. The monoisotopic (exact) mass is 212 g/mol. The normalized spacial score (nSPS) is 28.3. The highest BCUT2D eigenvalue weighted by atomic mass is 16.5. The van der Waals surface area contributed by atoms with Crippen LogP contribution < -0.4 is 0 Å². The maximum absolute atomic E-state index is 10.8. The second-order valence-electron chi connectivity index (χ2n) is 4.18. The van der Waals surface area contributed by atoms with Gasteiger partial charge in [-0.3, -0.25) is 4.79 Å². The van der Waals surface area contributed by atoms with E-state index in [2.05, 4.69) is 0 Å². The second kappa shape index (κ2) is 5.79. The lowest BCUT2D eigenvalue weighted by Crippen LogP contribution is -2.14. The van der Waals surface area contributed by atoms with Crippen molar-refractivity contribution in [1.82, 2.24) is 0 Å². The summed E-state index contributed by atoms with van der Waals surface area (Å²) < 4.78 is 5.72. The van der Waals surface area contributed by atoms with E-state index in [4.69, 9.17) is 9.84 Å². The van der Waals surface area contributed by atoms with E-state index in [0.29, 0.717) is 0 Å². The van der Waals surface area contributed by atoms with E-state index >= 15 is 0 Å². The molecule has 1 N–H and O–H groups in total. The lowest BCUT2D eigenvalue weighted by Gasteiger charge is -2.17. The van der Waals surface area contributed by atoms with Crippen LogP contribution in [0.1, 0.15) is 46.0 Å². The maximum atomic E-state index is 10.8. The molecule has 0 bridgehead atoms. The van der Waals surface area contributed by atoms with Crippen molar-refractivity contribution < 1.29 is 14.6 Å². The molecule has 3 heteroatoms. The lowest BCUT2D eigenvalue weighted by atomic mass is 10.0. The number of allylic oxidation sites excluding steroid dienone is 2. The first-order chi connectivity index (χ1) is 7.13. The molecule has 3 nitrogen and oxygen atoms in total. The highest BCUT2D eigenvalue weighted by Crippen LogP contribution is 2.26. The van der Waals surface area contributed by atoms with Crippen LogP contribution >= 0.6 is 0 Å². The summed E-state index contributed by atoms with van der Waals surface area (Å²) in [4.78, 5) is 10.8. The Morgan fingerprint density at radius 1 is 1.33 bits per heavy atom. The molecule has 1 rings (SSSR count). The largest absolute Gasteiger partial charge is 0.495 e. The van der Waals surface area contributed by atoms with Crippen LogP contribution in [0.5, 0.6) is 0 Å². The third-order valence-corrected chi connectivity index (χ3v) is 3.02. The summed E-state index contributed by atoms with van der Waals surface area (Å²) in [5.74, 6) is 0.122. The quantitative estimate of drug-likeness (QED) is 0.578. The molecule has 15 heavy (non-hydrogen) atoms. The number of ether oxygens (including phenoxy) is 1. The van der Waals surface area contributed by atoms with Gasteiger partial charge in [-0.15, -0.1) is 0 Å². The maximum Gasteiger partial charge on any atom is 0.306 e. The average Bonchev–Trinajstić information content (AvgIpc) is 2.43. The van der Waals surface area contributed by atoms with Crippen LogP contribution in [0.2, 0.25) is 0 Å². The van der Waals surface area contributed by atoms with Gasteiger partial charge in [0, 0.05) is 0 Å². The number of carbonyl (C=O) groups is 1. The average molecular weight is 212 g/mol. The first kappa shape index (κ1) is 12.1. The predicted molar refractivity (Wildman–Crippen MR) is 58.5 cm³/mol. The number of hydrogen-bond donors (Lipinski definition) is 1. The van der Waals surface area contributed by atoms with Crippen LogP contribution in [0.4, 0.5) is 0 Å². The van der Waals surface area contributed by atoms with Gasteiger partial charge in [-0.05, 0) is 52.0 Å². The zero-order valence-corrected chi connectivity index (χ0v) is 9.53. The van der Waals surface area contributed by atoms with Crippen LogP contribution in [0.3, 0.4) is 0 Å². The Hall–Kier alpha value is -0.990. The van der Waals surface area contributed by atoms with Gasteiger partial charge in [0.1, 0.15) is 0 Å². The van der Waals surface area contributed by atoms with Crippen molar-refractivity contribution in [2.75, 3.05) is 0 Å². The molecular weight excluding hydrogens is 192 g/mol. The Bertz CT molecular complexity index is 245. The van der Waals surface area contributed by atoms with Crippen LogP contribution in [0.25, 0.3) is 0 Å². The molecule has 1 fully saturated rings. The minimum atomic E-state index is -0.654. The summed E-state index contributed by atoms with van der Waals surface area (Å²) in [6.45, 7) is 3.89. The molecule has 0 heterocycles. The standard InChI is InChI=1S/C12H20O3/c1-3-9(2)15-11-6-4-5-10(7-8-11)12(13)14/h3,10-11H,4-8H2,1-2H3,(H,13,14)/b9-3+/t10-,11-/m0/s1. The molecule has 0 unspecified atom stereocenters. The van der Waals surface area contributed by atoms with Crippen LogP contribution in [-0.4, -0.2) is 17.2 Å². The Morgan fingerprint density at radius 2 is 2.07 bits per heavy atom. The van der Waals surface area contributed by atoms with Crippen molar-refractivity contribution in [3.05, 3.63) is 11.8 Å². The fraction of sp³-hybridized carbons (Fsp3) is 0.750. The summed E-state index contributed by atoms with van der Waals surface area (Å²) in [6, 6.07) is 0. The van der Waals surface area contributed by atoms with Gasteiger partial charge in [-0.1, -0.05) is 0 Å². The van der Waals surface area contributed by atoms with E-state index in [1.807, 2.05) is 19.9 Å². The molecule has 1 aliphatic carbocycles. The van der Waals surface area contributed by atoms with Gasteiger partial charge in [0.25, 0.3) is 0 Å². The first-order valence-electron chi connectivity index (χ1n) is 5.66. The molecule has 1 aliphatic rings. The highest BCUT2D eigenvalue weighted by Gasteiger charge is 2.24. The molecule has 2 atom stereocenters. The van der Waals surface area contributed by atoms with E-state index in [0.717, 1.165) is 37.9 Å². The molecule has 0 aromatic carbocycles. The summed E-state index contributed by atoms with van der Waals surface area (Å²) >= 11 is 0. The van der Waals surface area contributed by atoms with E-state index in [1.54, 1.807) is 0 Å². The molecule has 0 spiro atoms. The molecule has 0 amide bonds. The summed E-state index contributed by atoms with van der Waals surface area (Å²) in [6.07, 6.45) is 6.50. The number of aliphatic carboxylic acids is 1. The van der Waals surface area contributed by atoms with Crippen molar-refractivity contribution in [1.29, 1.82) is 0 Å². The van der Waals surface area contributed by atoms with Gasteiger partial charge < -0.3 is 9.84 Å². The molecule has 0 saturated heterocycles. The molecule has 0 aromatic rings. The Balaban J connectivity index is 2.42.